The summed E-state index contributed by atoms with van der Waals surface area (Å²) in [6, 6.07) is 6.73. The van der Waals surface area contributed by atoms with Gasteiger partial charge in [0.05, 0.1) is 6.61 Å². The van der Waals surface area contributed by atoms with Crippen LogP contribution >= 0.6 is 0 Å². The zero-order valence-corrected chi connectivity index (χ0v) is 8.76. The van der Waals surface area contributed by atoms with Crippen LogP contribution in [0.2, 0.25) is 0 Å². The molecule has 0 aliphatic carbocycles. The van der Waals surface area contributed by atoms with E-state index in [1.54, 1.807) is 7.11 Å². The van der Waals surface area contributed by atoms with Crippen molar-refractivity contribution < 1.29 is 4.74 Å². The van der Waals surface area contributed by atoms with Gasteiger partial charge in [0.1, 0.15) is 0 Å². The third-order valence-corrected chi connectivity index (χ3v) is 2.24. The number of rotatable bonds is 4. The Morgan fingerprint density at radius 3 is 1.77 bits per heavy atom. The van der Waals surface area contributed by atoms with Crippen LogP contribution in [0.4, 0.5) is 0 Å². The summed E-state index contributed by atoms with van der Waals surface area (Å²) in [5.41, 5.74) is 4.11. The minimum atomic E-state index is 0.723. The molecular weight excluding hydrogens is 160 g/mol. The predicted molar refractivity (Wildman–Crippen MR) is 55.9 cm³/mol. The molecule has 0 atom stereocenters. The van der Waals surface area contributed by atoms with Crippen molar-refractivity contribution in [3.05, 3.63) is 34.9 Å². The summed E-state index contributed by atoms with van der Waals surface area (Å²) in [7, 11) is 1.74. The molecule has 0 amide bonds. The second-order valence-electron chi connectivity index (χ2n) is 3.30. The van der Waals surface area contributed by atoms with Gasteiger partial charge in [0.2, 0.25) is 0 Å². The Labute approximate surface area is 80.7 Å². The first-order valence-electron chi connectivity index (χ1n) is 4.90. The van der Waals surface area contributed by atoms with Gasteiger partial charge in [-0.1, -0.05) is 32.0 Å². The van der Waals surface area contributed by atoms with Crippen LogP contribution in [0.15, 0.2) is 18.2 Å². The van der Waals surface area contributed by atoms with E-state index in [0.29, 0.717) is 0 Å². The summed E-state index contributed by atoms with van der Waals surface area (Å²) in [5, 5.41) is 0. The van der Waals surface area contributed by atoms with Crippen LogP contribution in [0, 0.1) is 0 Å². The van der Waals surface area contributed by atoms with Gasteiger partial charge in [0, 0.05) is 7.11 Å². The predicted octanol–water partition coefficient (Wildman–Crippen LogP) is 2.96. The lowest BCUT2D eigenvalue weighted by Crippen LogP contribution is -1.93. The largest absolute Gasteiger partial charge is 0.380 e. The van der Waals surface area contributed by atoms with E-state index < -0.39 is 0 Å². The van der Waals surface area contributed by atoms with Gasteiger partial charge in [-0.2, -0.15) is 0 Å². The van der Waals surface area contributed by atoms with Gasteiger partial charge in [0.25, 0.3) is 0 Å². The molecule has 1 aromatic carbocycles. The molecule has 1 aromatic rings. The van der Waals surface area contributed by atoms with E-state index in [1.165, 1.54) is 16.7 Å². The molecule has 1 nitrogen and oxygen atoms in total. The lowest BCUT2D eigenvalue weighted by Gasteiger charge is -2.06. The molecule has 1 rings (SSSR count). The second kappa shape index (κ2) is 5.03. The van der Waals surface area contributed by atoms with Crippen LogP contribution in [-0.4, -0.2) is 7.11 Å². The molecule has 0 spiro atoms. The van der Waals surface area contributed by atoms with Gasteiger partial charge in [-0.25, -0.2) is 0 Å². The van der Waals surface area contributed by atoms with Gasteiger partial charge >= 0.3 is 0 Å². The van der Waals surface area contributed by atoms with Crippen molar-refractivity contribution >= 4 is 0 Å². The maximum absolute atomic E-state index is 5.13. The highest BCUT2D eigenvalue weighted by molar-refractivity contribution is 5.29. The molecule has 0 N–H and O–H groups in total. The Hall–Kier alpha value is -0.820. The molecule has 0 heterocycles. The fourth-order valence-corrected chi connectivity index (χ4v) is 1.50. The molecule has 13 heavy (non-hydrogen) atoms. The standard InChI is InChI=1S/C12H18O/c1-4-10-6-11(5-2)8-12(7-10)9-13-3/h6-8H,4-5,9H2,1-3H3. The topological polar surface area (TPSA) is 9.23 Å². The fourth-order valence-electron chi connectivity index (χ4n) is 1.50. The summed E-state index contributed by atoms with van der Waals surface area (Å²) in [5.74, 6) is 0. The molecule has 0 aliphatic rings. The van der Waals surface area contributed by atoms with Crippen molar-refractivity contribution in [1.82, 2.24) is 0 Å². The van der Waals surface area contributed by atoms with Gasteiger partial charge in [0.15, 0.2) is 0 Å². The van der Waals surface area contributed by atoms with Crippen LogP contribution < -0.4 is 0 Å². The molecule has 0 bridgehead atoms. The number of ether oxygens (including phenoxy) is 1. The van der Waals surface area contributed by atoms with Crippen molar-refractivity contribution in [2.75, 3.05) is 7.11 Å². The molecule has 0 saturated heterocycles. The first-order valence-corrected chi connectivity index (χ1v) is 4.90. The Bertz CT molecular complexity index is 244. The van der Waals surface area contributed by atoms with Crippen molar-refractivity contribution in [3.63, 3.8) is 0 Å². The number of hydrogen-bond acceptors (Lipinski definition) is 1. The monoisotopic (exact) mass is 178 g/mol. The van der Waals surface area contributed by atoms with Gasteiger partial charge in [-0.15, -0.1) is 0 Å². The molecule has 0 aliphatic heterocycles. The molecule has 0 saturated carbocycles. The number of methoxy groups -OCH3 is 1. The highest BCUT2D eigenvalue weighted by Gasteiger charge is 1.98. The zero-order valence-electron chi connectivity index (χ0n) is 8.76. The lowest BCUT2D eigenvalue weighted by molar-refractivity contribution is 0.185. The van der Waals surface area contributed by atoms with Crippen molar-refractivity contribution in [1.29, 1.82) is 0 Å². The summed E-state index contributed by atoms with van der Waals surface area (Å²) in [4.78, 5) is 0. The van der Waals surface area contributed by atoms with E-state index in [2.05, 4.69) is 32.0 Å². The van der Waals surface area contributed by atoms with Gasteiger partial charge in [-0.3, -0.25) is 0 Å². The van der Waals surface area contributed by atoms with Gasteiger partial charge in [-0.05, 0) is 29.5 Å². The molecule has 72 valence electrons. The van der Waals surface area contributed by atoms with E-state index in [9.17, 15) is 0 Å². The average Bonchev–Trinajstić information content (AvgIpc) is 2.17. The van der Waals surface area contributed by atoms with Crippen LogP contribution in [0.5, 0.6) is 0 Å². The summed E-state index contributed by atoms with van der Waals surface area (Å²) in [6.45, 7) is 5.09. The SMILES string of the molecule is CCc1cc(CC)cc(COC)c1. The number of hydrogen-bond donors (Lipinski definition) is 0. The van der Waals surface area contributed by atoms with Crippen molar-refractivity contribution in [3.8, 4) is 0 Å². The first kappa shape index (κ1) is 10.3. The van der Waals surface area contributed by atoms with Crippen LogP contribution in [0.25, 0.3) is 0 Å². The van der Waals surface area contributed by atoms with E-state index in [4.69, 9.17) is 4.74 Å². The highest BCUT2D eigenvalue weighted by atomic mass is 16.5. The molecule has 0 aromatic heterocycles. The number of aryl methyl sites for hydroxylation is 2. The minimum Gasteiger partial charge on any atom is -0.380 e. The van der Waals surface area contributed by atoms with E-state index in [1.807, 2.05) is 0 Å². The molecule has 0 fully saturated rings. The Morgan fingerprint density at radius 2 is 1.38 bits per heavy atom. The third kappa shape index (κ3) is 2.85. The maximum Gasteiger partial charge on any atom is 0.0713 e. The summed E-state index contributed by atoms with van der Waals surface area (Å²) in [6.07, 6.45) is 2.20. The minimum absolute atomic E-state index is 0.723. The van der Waals surface area contributed by atoms with Gasteiger partial charge < -0.3 is 4.74 Å². The summed E-state index contributed by atoms with van der Waals surface area (Å²) < 4.78 is 5.13. The molecular formula is C12H18O. The maximum atomic E-state index is 5.13. The number of benzene rings is 1. The van der Waals surface area contributed by atoms with Crippen molar-refractivity contribution in [2.24, 2.45) is 0 Å². The Balaban J connectivity index is 2.93. The lowest BCUT2D eigenvalue weighted by atomic mass is 10.0. The average molecular weight is 178 g/mol. The van der Waals surface area contributed by atoms with Crippen molar-refractivity contribution in [2.45, 2.75) is 33.3 Å². The Kier molecular flexibility index (Phi) is 3.97. The molecule has 1 heteroatoms. The smallest absolute Gasteiger partial charge is 0.0713 e. The fraction of sp³-hybridized carbons (Fsp3) is 0.500. The highest BCUT2D eigenvalue weighted by Crippen LogP contribution is 2.12. The van der Waals surface area contributed by atoms with Crippen LogP contribution in [0.3, 0.4) is 0 Å². The Morgan fingerprint density at radius 1 is 0.923 bits per heavy atom. The van der Waals surface area contributed by atoms with Crippen LogP contribution in [-0.2, 0) is 24.2 Å². The summed E-state index contributed by atoms with van der Waals surface area (Å²) >= 11 is 0. The molecule has 0 unspecified atom stereocenters. The zero-order chi connectivity index (χ0) is 9.68. The third-order valence-electron chi connectivity index (χ3n) is 2.24. The van der Waals surface area contributed by atoms with Crippen LogP contribution in [0.1, 0.15) is 30.5 Å². The van der Waals surface area contributed by atoms with E-state index in [0.717, 1.165) is 19.4 Å². The normalized spacial score (nSPS) is 10.4. The van der Waals surface area contributed by atoms with E-state index >= 15 is 0 Å². The first-order chi connectivity index (χ1) is 6.30. The van der Waals surface area contributed by atoms with E-state index in [-0.39, 0.29) is 0 Å². The second-order valence-corrected chi connectivity index (χ2v) is 3.30. The molecule has 0 radical (unpaired) electrons. The quantitative estimate of drug-likeness (QED) is 0.688.